The molecule has 16 heavy (non-hydrogen) atoms. The molecule has 2 atom stereocenters. The molecule has 2 rings (SSSR count). The molecule has 0 aromatic carbocycles. The fourth-order valence-electron chi connectivity index (χ4n) is 2.98. The van der Waals surface area contributed by atoms with Crippen molar-refractivity contribution >= 4 is 0 Å². The van der Waals surface area contributed by atoms with Crippen LogP contribution in [0.15, 0.2) is 0 Å². The van der Waals surface area contributed by atoms with Crippen LogP contribution in [0.1, 0.15) is 45.4 Å². The van der Waals surface area contributed by atoms with Crippen LogP contribution < -0.4 is 0 Å². The van der Waals surface area contributed by atoms with Crippen LogP contribution in [-0.4, -0.2) is 36.2 Å². The average Bonchev–Trinajstić information content (AvgIpc) is 2.88. The molecule has 1 aliphatic heterocycles. The van der Waals surface area contributed by atoms with Crippen molar-refractivity contribution in [2.24, 2.45) is 0 Å². The molecule has 0 amide bonds. The molecule has 1 heterocycles. The zero-order chi connectivity index (χ0) is 11.4. The first-order valence-corrected chi connectivity index (χ1v) is 6.56. The molecule has 3 nitrogen and oxygen atoms in total. The van der Waals surface area contributed by atoms with Crippen LogP contribution in [0.5, 0.6) is 0 Å². The first-order valence-electron chi connectivity index (χ1n) is 6.56. The fraction of sp³-hybridized carbons (Fsp3) is 0.923. The average molecular weight is 222 g/mol. The maximum Gasteiger partial charge on any atom is 0.0869 e. The van der Waals surface area contributed by atoms with Gasteiger partial charge in [0, 0.05) is 12.6 Å². The molecule has 90 valence electrons. The fourth-order valence-corrected chi connectivity index (χ4v) is 2.98. The van der Waals surface area contributed by atoms with Gasteiger partial charge in [0.1, 0.15) is 0 Å². The Hall–Kier alpha value is -0.590. The monoisotopic (exact) mass is 222 g/mol. The highest BCUT2D eigenvalue weighted by atomic mass is 16.5. The van der Waals surface area contributed by atoms with E-state index in [1.54, 1.807) is 0 Å². The summed E-state index contributed by atoms with van der Waals surface area (Å²) >= 11 is 0. The molecular weight excluding hydrogens is 200 g/mol. The molecule has 0 spiro atoms. The largest absolute Gasteiger partial charge is 0.374 e. The van der Waals surface area contributed by atoms with Gasteiger partial charge in [-0.2, -0.15) is 5.26 Å². The van der Waals surface area contributed by atoms with E-state index in [1.165, 1.54) is 32.1 Å². The van der Waals surface area contributed by atoms with E-state index in [4.69, 9.17) is 10.00 Å². The summed E-state index contributed by atoms with van der Waals surface area (Å²) in [5.41, 5.74) is 0. The smallest absolute Gasteiger partial charge is 0.0869 e. The summed E-state index contributed by atoms with van der Waals surface area (Å²) in [6, 6.07) is 2.94. The Morgan fingerprint density at radius 3 is 2.56 bits per heavy atom. The van der Waals surface area contributed by atoms with Gasteiger partial charge in [-0.15, -0.1) is 0 Å². The van der Waals surface area contributed by atoms with E-state index in [1.807, 2.05) is 0 Å². The van der Waals surface area contributed by atoms with Gasteiger partial charge in [-0.1, -0.05) is 12.8 Å². The first kappa shape index (κ1) is 11.9. The summed E-state index contributed by atoms with van der Waals surface area (Å²) < 4.78 is 5.85. The minimum absolute atomic E-state index is 0.365. The van der Waals surface area contributed by atoms with Crippen molar-refractivity contribution in [3.8, 4) is 6.07 Å². The van der Waals surface area contributed by atoms with Crippen molar-refractivity contribution < 1.29 is 4.74 Å². The van der Waals surface area contributed by atoms with Crippen LogP contribution >= 0.6 is 0 Å². The molecule has 2 unspecified atom stereocenters. The van der Waals surface area contributed by atoms with Gasteiger partial charge >= 0.3 is 0 Å². The maximum atomic E-state index is 8.89. The van der Waals surface area contributed by atoms with Gasteiger partial charge in [-0.05, 0) is 32.6 Å². The van der Waals surface area contributed by atoms with E-state index in [9.17, 15) is 0 Å². The van der Waals surface area contributed by atoms with Crippen molar-refractivity contribution in [3.05, 3.63) is 0 Å². The van der Waals surface area contributed by atoms with Crippen molar-refractivity contribution in [3.63, 3.8) is 0 Å². The highest BCUT2D eigenvalue weighted by molar-refractivity contribution is 4.87. The second kappa shape index (κ2) is 5.65. The quantitative estimate of drug-likeness (QED) is 0.685. The summed E-state index contributed by atoms with van der Waals surface area (Å²) in [4.78, 5) is 2.34. The van der Waals surface area contributed by atoms with Gasteiger partial charge in [-0.25, -0.2) is 0 Å². The van der Waals surface area contributed by atoms with E-state index in [0.29, 0.717) is 24.8 Å². The summed E-state index contributed by atoms with van der Waals surface area (Å²) in [7, 11) is 0. The van der Waals surface area contributed by atoms with Gasteiger partial charge in [0.05, 0.1) is 24.8 Å². The lowest BCUT2D eigenvalue weighted by Crippen LogP contribution is -2.39. The minimum Gasteiger partial charge on any atom is -0.374 e. The summed E-state index contributed by atoms with van der Waals surface area (Å²) in [5.74, 6) is 0. The van der Waals surface area contributed by atoms with Crippen molar-refractivity contribution in [1.29, 1.82) is 5.26 Å². The predicted molar refractivity (Wildman–Crippen MR) is 63.0 cm³/mol. The number of ether oxygens (including phenoxy) is 1. The van der Waals surface area contributed by atoms with Crippen molar-refractivity contribution in [1.82, 2.24) is 4.90 Å². The van der Waals surface area contributed by atoms with Gasteiger partial charge in [-0.3, -0.25) is 4.90 Å². The SMILES string of the molecule is CC1CCC(CN(CC#N)C2CCCC2)O1. The van der Waals surface area contributed by atoms with E-state index in [0.717, 1.165) is 13.0 Å². The van der Waals surface area contributed by atoms with E-state index < -0.39 is 0 Å². The molecule has 0 radical (unpaired) electrons. The molecule has 1 aliphatic carbocycles. The lowest BCUT2D eigenvalue weighted by molar-refractivity contribution is 0.0254. The molecule has 1 saturated heterocycles. The van der Waals surface area contributed by atoms with Crippen LogP contribution in [0, 0.1) is 11.3 Å². The molecule has 0 bridgehead atoms. The Kier molecular flexibility index (Phi) is 4.20. The third-order valence-corrected chi connectivity index (χ3v) is 3.87. The molecule has 0 N–H and O–H groups in total. The summed E-state index contributed by atoms with van der Waals surface area (Å²) in [5, 5.41) is 8.89. The Morgan fingerprint density at radius 1 is 1.25 bits per heavy atom. The van der Waals surface area contributed by atoms with E-state index in [2.05, 4.69) is 17.9 Å². The number of nitriles is 1. The van der Waals surface area contributed by atoms with Crippen molar-refractivity contribution in [2.45, 2.75) is 63.7 Å². The minimum atomic E-state index is 0.365. The van der Waals surface area contributed by atoms with E-state index in [-0.39, 0.29) is 0 Å². The zero-order valence-electron chi connectivity index (χ0n) is 10.2. The van der Waals surface area contributed by atoms with Crippen LogP contribution in [0.4, 0.5) is 0 Å². The maximum absolute atomic E-state index is 8.89. The number of rotatable bonds is 4. The summed E-state index contributed by atoms with van der Waals surface area (Å²) in [6.07, 6.45) is 8.31. The molecular formula is C13H22N2O. The Bertz CT molecular complexity index is 255. The Balaban J connectivity index is 1.84. The van der Waals surface area contributed by atoms with Crippen LogP contribution in [-0.2, 0) is 4.74 Å². The summed E-state index contributed by atoms with van der Waals surface area (Å²) in [6.45, 7) is 3.67. The van der Waals surface area contributed by atoms with Gasteiger partial charge < -0.3 is 4.74 Å². The number of nitrogens with zero attached hydrogens (tertiary/aromatic N) is 2. The lowest BCUT2D eigenvalue weighted by Gasteiger charge is -2.28. The molecule has 1 saturated carbocycles. The highest BCUT2D eigenvalue weighted by Crippen LogP contribution is 2.26. The van der Waals surface area contributed by atoms with Crippen LogP contribution in [0.25, 0.3) is 0 Å². The molecule has 3 heteroatoms. The standard InChI is InChI=1S/C13H22N2O/c1-11-6-7-13(16-11)10-15(9-8-14)12-4-2-3-5-12/h11-13H,2-7,9-10H2,1H3. The second-order valence-corrected chi connectivity index (χ2v) is 5.17. The van der Waals surface area contributed by atoms with E-state index >= 15 is 0 Å². The highest BCUT2D eigenvalue weighted by Gasteiger charge is 2.28. The molecule has 0 aromatic rings. The Morgan fingerprint density at radius 2 is 2.00 bits per heavy atom. The molecule has 2 fully saturated rings. The Labute approximate surface area is 98.4 Å². The van der Waals surface area contributed by atoms with Crippen LogP contribution in [0.3, 0.4) is 0 Å². The van der Waals surface area contributed by atoms with Gasteiger partial charge in [0.2, 0.25) is 0 Å². The van der Waals surface area contributed by atoms with Gasteiger partial charge in [0.15, 0.2) is 0 Å². The zero-order valence-corrected chi connectivity index (χ0v) is 10.2. The third kappa shape index (κ3) is 2.96. The molecule has 2 aliphatic rings. The number of hydrogen-bond acceptors (Lipinski definition) is 3. The normalized spacial score (nSPS) is 31.1. The second-order valence-electron chi connectivity index (χ2n) is 5.17. The predicted octanol–water partition coefficient (Wildman–Crippen LogP) is 2.32. The van der Waals surface area contributed by atoms with Gasteiger partial charge in [0.25, 0.3) is 0 Å². The first-order chi connectivity index (χ1) is 7.79. The van der Waals surface area contributed by atoms with Crippen molar-refractivity contribution in [2.75, 3.05) is 13.1 Å². The number of hydrogen-bond donors (Lipinski definition) is 0. The lowest BCUT2D eigenvalue weighted by atomic mass is 10.1. The molecule has 0 aromatic heterocycles. The van der Waals surface area contributed by atoms with Crippen LogP contribution in [0.2, 0.25) is 0 Å². The third-order valence-electron chi connectivity index (χ3n) is 3.87. The topological polar surface area (TPSA) is 36.3 Å².